The summed E-state index contributed by atoms with van der Waals surface area (Å²) in [6, 6.07) is 9.08. The van der Waals surface area contributed by atoms with Gasteiger partial charge in [0.05, 0.1) is 0 Å². The Labute approximate surface area is 141 Å². The van der Waals surface area contributed by atoms with Crippen LogP contribution in [-0.2, 0) is 14.4 Å². The molecule has 1 aromatic carbocycles. The lowest BCUT2D eigenvalue weighted by atomic mass is 9.76. The van der Waals surface area contributed by atoms with Crippen molar-refractivity contribution in [3.8, 4) is 0 Å². The van der Waals surface area contributed by atoms with Gasteiger partial charge in [0, 0.05) is 37.1 Å². The Hall–Kier alpha value is -2.50. The van der Waals surface area contributed by atoms with Crippen molar-refractivity contribution >= 4 is 29.0 Å². The van der Waals surface area contributed by atoms with Crippen molar-refractivity contribution < 1.29 is 14.4 Å². The van der Waals surface area contributed by atoms with E-state index in [0.29, 0.717) is 24.2 Å². The van der Waals surface area contributed by atoms with Gasteiger partial charge in [-0.3, -0.25) is 14.4 Å². The number of nitrogens with zero attached hydrogens (tertiary/aromatic N) is 1. The van der Waals surface area contributed by atoms with Gasteiger partial charge in [0.1, 0.15) is 5.78 Å². The van der Waals surface area contributed by atoms with Gasteiger partial charge in [-0.25, -0.2) is 5.43 Å². The number of carbonyl (C=O) groups excluding carboxylic acids is 3. The zero-order valence-corrected chi connectivity index (χ0v) is 14.1. The molecule has 0 atom stereocenters. The van der Waals surface area contributed by atoms with Crippen molar-refractivity contribution in [3.63, 3.8) is 0 Å². The van der Waals surface area contributed by atoms with Crippen molar-refractivity contribution in [2.24, 2.45) is 10.5 Å². The van der Waals surface area contributed by atoms with Crippen molar-refractivity contribution in [2.75, 3.05) is 5.32 Å². The Morgan fingerprint density at radius 2 is 1.75 bits per heavy atom. The lowest BCUT2D eigenvalue weighted by molar-refractivity contribution is -0.124. The zero-order valence-electron chi connectivity index (χ0n) is 14.1. The van der Waals surface area contributed by atoms with Crippen LogP contribution < -0.4 is 10.7 Å². The highest BCUT2D eigenvalue weighted by Gasteiger charge is 2.30. The number of rotatable bonds is 5. The highest BCUT2D eigenvalue weighted by atomic mass is 16.2. The van der Waals surface area contributed by atoms with Gasteiger partial charge in [-0.05, 0) is 24.0 Å². The van der Waals surface area contributed by atoms with Crippen LogP contribution in [0.3, 0.4) is 0 Å². The maximum Gasteiger partial charge on any atom is 0.240 e. The number of carbonyl (C=O) groups is 3. The molecule has 24 heavy (non-hydrogen) atoms. The summed E-state index contributed by atoms with van der Waals surface area (Å²) in [5.41, 5.74) is 3.72. The van der Waals surface area contributed by atoms with E-state index in [1.54, 1.807) is 12.1 Å². The lowest BCUT2D eigenvalue weighted by Crippen LogP contribution is -2.31. The maximum atomic E-state index is 11.8. The molecule has 2 N–H and O–H groups in total. The first-order valence-electron chi connectivity index (χ1n) is 8.05. The molecular weight excluding hydrogens is 306 g/mol. The summed E-state index contributed by atoms with van der Waals surface area (Å²) in [6.07, 6.45) is 1.65. The summed E-state index contributed by atoms with van der Waals surface area (Å²) in [4.78, 5) is 35.3. The van der Waals surface area contributed by atoms with E-state index < -0.39 is 0 Å². The fourth-order valence-electron chi connectivity index (χ4n) is 2.75. The molecule has 0 unspecified atom stereocenters. The molecule has 1 saturated carbocycles. The first-order chi connectivity index (χ1) is 11.3. The summed E-state index contributed by atoms with van der Waals surface area (Å²) in [7, 11) is 0. The van der Waals surface area contributed by atoms with E-state index in [1.165, 1.54) is 0 Å². The van der Waals surface area contributed by atoms with Gasteiger partial charge < -0.3 is 5.32 Å². The number of para-hydroxylation sites is 1. The van der Waals surface area contributed by atoms with Gasteiger partial charge in [-0.15, -0.1) is 0 Å². The van der Waals surface area contributed by atoms with Crippen LogP contribution in [-0.4, -0.2) is 23.3 Å². The van der Waals surface area contributed by atoms with Crippen molar-refractivity contribution in [1.29, 1.82) is 0 Å². The van der Waals surface area contributed by atoms with Gasteiger partial charge >= 0.3 is 0 Å². The molecular formula is C18H23N3O3. The number of benzene rings is 1. The standard InChI is InChI=1S/C18H23N3O3/c1-18(2)11-14(10-15(22)12-18)20-21-17(24)9-8-16(23)19-13-6-4-3-5-7-13/h3-7H,8-12H2,1-2H3,(H,19,23)(H,21,24). The fraction of sp³-hybridized carbons (Fsp3) is 0.444. The number of anilines is 1. The second-order valence-electron chi connectivity index (χ2n) is 6.86. The Morgan fingerprint density at radius 1 is 1.08 bits per heavy atom. The van der Waals surface area contributed by atoms with Gasteiger partial charge in [-0.2, -0.15) is 5.10 Å². The van der Waals surface area contributed by atoms with Crippen LogP contribution in [0.25, 0.3) is 0 Å². The average Bonchev–Trinajstić information content (AvgIpc) is 2.50. The van der Waals surface area contributed by atoms with Crippen LogP contribution in [0.5, 0.6) is 0 Å². The third-order valence-electron chi connectivity index (χ3n) is 3.73. The number of amides is 2. The monoisotopic (exact) mass is 329 g/mol. The van der Waals surface area contributed by atoms with Gasteiger partial charge in [0.25, 0.3) is 0 Å². The second kappa shape index (κ2) is 7.86. The summed E-state index contributed by atoms with van der Waals surface area (Å²) in [6.45, 7) is 4.02. The average molecular weight is 329 g/mol. The molecule has 2 amide bonds. The Bertz CT molecular complexity index is 651. The normalized spacial score (nSPS) is 18.2. The molecule has 0 aliphatic heterocycles. The van der Waals surface area contributed by atoms with Gasteiger partial charge in [0.15, 0.2) is 0 Å². The van der Waals surface area contributed by atoms with E-state index in [2.05, 4.69) is 15.8 Å². The zero-order chi connectivity index (χ0) is 17.6. The summed E-state index contributed by atoms with van der Waals surface area (Å²) in [5.74, 6) is -0.416. The van der Waals surface area contributed by atoms with Crippen LogP contribution in [0.4, 0.5) is 5.69 Å². The highest BCUT2D eigenvalue weighted by Crippen LogP contribution is 2.31. The molecule has 1 fully saturated rings. The van der Waals surface area contributed by atoms with Crippen molar-refractivity contribution in [3.05, 3.63) is 30.3 Å². The van der Waals surface area contributed by atoms with Crippen molar-refractivity contribution in [2.45, 2.75) is 46.0 Å². The minimum Gasteiger partial charge on any atom is -0.326 e. The van der Waals surface area contributed by atoms with Gasteiger partial charge in [0.2, 0.25) is 11.8 Å². The van der Waals surface area contributed by atoms with Crippen LogP contribution in [0, 0.1) is 5.41 Å². The SMILES string of the molecule is CC1(C)CC(=O)CC(=NNC(=O)CCC(=O)Nc2ccccc2)C1. The number of nitrogens with one attached hydrogen (secondary N) is 2. The maximum absolute atomic E-state index is 11.8. The van der Waals surface area contributed by atoms with Crippen LogP contribution >= 0.6 is 0 Å². The summed E-state index contributed by atoms with van der Waals surface area (Å²) >= 11 is 0. The highest BCUT2D eigenvalue weighted by molar-refractivity contribution is 6.05. The summed E-state index contributed by atoms with van der Waals surface area (Å²) in [5, 5.41) is 6.78. The Kier molecular flexibility index (Phi) is 5.84. The quantitative estimate of drug-likeness (QED) is 0.814. The van der Waals surface area contributed by atoms with Crippen LogP contribution in [0.1, 0.15) is 46.0 Å². The molecule has 128 valence electrons. The van der Waals surface area contributed by atoms with E-state index in [-0.39, 0.29) is 42.3 Å². The first kappa shape index (κ1) is 17.8. The number of hydrazone groups is 1. The third-order valence-corrected chi connectivity index (χ3v) is 3.73. The number of ketones is 1. The van der Waals surface area contributed by atoms with E-state index in [9.17, 15) is 14.4 Å². The van der Waals surface area contributed by atoms with E-state index >= 15 is 0 Å². The molecule has 6 nitrogen and oxygen atoms in total. The molecule has 0 heterocycles. The molecule has 1 aliphatic rings. The molecule has 0 bridgehead atoms. The topological polar surface area (TPSA) is 87.6 Å². The molecule has 0 saturated heterocycles. The third kappa shape index (κ3) is 5.95. The number of Topliss-reactive ketones (excluding diaryl/α,β-unsaturated/α-hetero) is 1. The lowest BCUT2D eigenvalue weighted by Gasteiger charge is -2.28. The second-order valence-corrected chi connectivity index (χ2v) is 6.86. The number of hydrogen-bond acceptors (Lipinski definition) is 4. The minimum atomic E-state index is -0.332. The molecule has 0 radical (unpaired) electrons. The Balaban J connectivity index is 1.76. The molecule has 1 aliphatic carbocycles. The van der Waals surface area contributed by atoms with Crippen LogP contribution in [0.15, 0.2) is 35.4 Å². The Morgan fingerprint density at radius 3 is 2.42 bits per heavy atom. The van der Waals surface area contributed by atoms with E-state index in [0.717, 1.165) is 0 Å². The van der Waals surface area contributed by atoms with E-state index in [1.807, 2.05) is 32.0 Å². The molecule has 6 heteroatoms. The van der Waals surface area contributed by atoms with Crippen LogP contribution in [0.2, 0.25) is 0 Å². The first-order valence-corrected chi connectivity index (χ1v) is 8.05. The molecule has 0 spiro atoms. The predicted molar refractivity (Wildman–Crippen MR) is 92.5 cm³/mol. The summed E-state index contributed by atoms with van der Waals surface area (Å²) < 4.78 is 0. The van der Waals surface area contributed by atoms with Crippen molar-refractivity contribution in [1.82, 2.24) is 5.43 Å². The molecule has 2 rings (SSSR count). The molecule has 1 aromatic rings. The smallest absolute Gasteiger partial charge is 0.240 e. The largest absolute Gasteiger partial charge is 0.326 e. The predicted octanol–water partition coefficient (Wildman–Crippen LogP) is 2.66. The molecule has 0 aromatic heterocycles. The number of hydrogen-bond donors (Lipinski definition) is 2. The van der Waals surface area contributed by atoms with E-state index in [4.69, 9.17) is 0 Å². The van der Waals surface area contributed by atoms with Gasteiger partial charge in [-0.1, -0.05) is 32.0 Å². The minimum absolute atomic E-state index is 0.0484. The fourth-order valence-corrected chi connectivity index (χ4v) is 2.75.